The molecule has 0 saturated heterocycles. The van der Waals surface area contributed by atoms with Gasteiger partial charge in [0, 0.05) is 34.6 Å². The van der Waals surface area contributed by atoms with Crippen LogP contribution in [0.15, 0.2) is 41.3 Å². The minimum atomic E-state index is -4.71. The van der Waals surface area contributed by atoms with Crippen LogP contribution in [0, 0.1) is 0 Å². The lowest BCUT2D eigenvalue weighted by Gasteiger charge is -2.36. The number of imidazole rings is 1. The molecule has 206 valence electrons. The second kappa shape index (κ2) is 9.26. The number of nitrogens with one attached hydrogen (secondary N) is 2. The first kappa shape index (κ1) is 22.8. The number of carbonyl (C=O) groups excluding carboxylic acids is 1. The molecule has 39 heavy (non-hydrogen) atoms. The Morgan fingerprint density at radius 2 is 1.92 bits per heavy atom. The maximum atomic E-state index is 13.8. The van der Waals surface area contributed by atoms with Gasteiger partial charge in [0.05, 0.1) is 41.0 Å². The second-order valence-corrected chi connectivity index (χ2v) is 9.94. The summed E-state index contributed by atoms with van der Waals surface area (Å²) in [7, 11) is 1.22. The summed E-state index contributed by atoms with van der Waals surface area (Å²) < 4.78 is 71.7. The van der Waals surface area contributed by atoms with E-state index in [4.69, 9.17) is 4.11 Å². The SMILES string of the molecule is [2H]C([2H])([2H])n1c(=O)n([C@H]2C[C@H](NC(=O)OC)C2)c2cc(Nc3cc(C(C)(C)O)c4cccc(C(F)(F)F)c4n3)ncc21. The third kappa shape index (κ3) is 4.78. The van der Waals surface area contributed by atoms with Gasteiger partial charge in [-0.15, -0.1) is 0 Å². The zero-order valence-electron chi connectivity index (χ0n) is 24.1. The van der Waals surface area contributed by atoms with E-state index in [0.29, 0.717) is 17.4 Å². The fraction of sp³-hybridized carbons (Fsp3) is 0.385. The molecular weight excluding hydrogens is 517 g/mol. The van der Waals surface area contributed by atoms with Crippen molar-refractivity contribution in [1.29, 1.82) is 0 Å². The van der Waals surface area contributed by atoms with Crippen LogP contribution in [0.2, 0.25) is 0 Å². The number of ether oxygens (including phenoxy) is 1. The van der Waals surface area contributed by atoms with Gasteiger partial charge in [0.2, 0.25) is 0 Å². The summed E-state index contributed by atoms with van der Waals surface area (Å²) >= 11 is 0. The molecule has 0 radical (unpaired) electrons. The van der Waals surface area contributed by atoms with Gasteiger partial charge in [0.1, 0.15) is 11.6 Å². The number of fused-ring (bicyclic) bond motifs is 2. The van der Waals surface area contributed by atoms with Crippen molar-refractivity contribution >= 4 is 39.7 Å². The number of rotatable bonds is 5. The highest BCUT2D eigenvalue weighted by Gasteiger charge is 2.36. The molecule has 1 amide bonds. The number of hydrogen-bond acceptors (Lipinski definition) is 7. The average Bonchev–Trinajstić information content (AvgIpc) is 3.14. The van der Waals surface area contributed by atoms with E-state index in [-0.39, 0.29) is 45.2 Å². The number of nitrogens with zero attached hydrogens (tertiary/aromatic N) is 4. The molecule has 3 aromatic heterocycles. The quantitative estimate of drug-likeness (QED) is 0.340. The van der Waals surface area contributed by atoms with E-state index in [9.17, 15) is 27.9 Å². The normalized spacial score (nSPS) is 19.2. The van der Waals surface area contributed by atoms with Crippen LogP contribution in [-0.2, 0) is 23.5 Å². The molecule has 10 nitrogen and oxygen atoms in total. The number of alkyl carbamates (subject to hydrolysis) is 1. The fourth-order valence-electron chi connectivity index (χ4n) is 4.86. The number of anilines is 2. The van der Waals surface area contributed by atoms with Crippen LogP contribution >= 0.6 is 0 Å². The maximum Gasteiger partial charge on any atom is 0.418 e. The highest BCUT2D eigenvalue weighted by atomic mass is 19.4. The molecule has 0 atom stereocenters. The van der Waals surface area contributed by atoms with Gasteiger partial charge in [-0.2, -0.15) is 13.2 Å². The highest BCUT2D eigenvalue weighted by Crippen LogP contribution is 2.39. The molecule has 13 heteroatoms. The molecule has 1 fully saturated rings. The number of methoxy groups -OCH3 is 1. The Kier molecular flexibility index (Phi) is 5.42. The number of aryl methyl sites for hydroxylation is 1. The number of aromatic nitrogens is 4. The van der Waals surface area contributed by atoms with E-state index < -0.39 is 42.1 Å². The molecule has 3 N–H and O–H groups in total. The van der Waals surface area contributed by atoms with E-state index in [2.05, 4.69) is 25.3 Å². The number of benzene rings is 1. The molecular formula is C26H27F3N6O4. The van der Waals surface area contributed by atoms with Crippen LogP contribution in [-0.4, -0.2) is 43.5 Å². The summed E-state index contributed by atoms with van der Waals surface area (Å²) in [5, 5.41) is 16.4. The number of halogens is 3. The third-order valence-electron chi connectivity index (χ3n) is 6.81. The zero-order chi connectivity index (χ0) is 30.8. The van der Waals surface area contributed by atoms with Crippen molar-refractivity contribution in [2.75, 3.05) is 12.4 Å². The van der Waals surface area contributed by atoms with Gasteiger partial charge in [-0.05, 0) is 44.4 Å². The van der Waals surface area contributed by atoms with Gasteiger partial charge in [0.25, 0.3) is 0 Å². The summed E-state index contributed by atoms with van der Waals surface area (Å²) in [6.45, 7) is 0.0563. The van der Waals surface area contributed by atoms with Crippen LogP contribution in [0.25, 0.3) is 21.9 Å². The predicted molar refractivity (Wildman–Crippen MR) is 138 cm³/mol. The highest BCUT2D eigenvalue weighted by molar-refractivity contribution is 5.88. The summed E-state index contributed by atoms with van der Waals surface area (Å²) in [6, 6.07) is 5.66. The Morgan fingerprint density at radius 3 is 2.56 bits per heavy atom. The van der Waals surface area contributed by atoms with Crippen molar-refractivity contribution in [3.63, 3.8) is 0 Å². The number of amides is 1. The minimum Gasteiger partial charge on any atom is -0.453 e. The number of carbonyl (C=O) groups is 1. The number of aliphatic hydroxyl groups is 1. The van der Waals surface area contributed by atoms with E-state index >= 15 is 0 Å². The predicted octanol–water partition coefficient (Wildman–Crippen LogP) is 4.33. The molecule has 0 aliphatic heterocycles. The van der Waals surface area contributed by atoms with Gasteiger partial charge in [-0.3, -0.25) is 9.13 Å². The minimum absolute atomic E-state index is 0.0259. The number of pyridine rings is 2. The largest absolute Gasteiger partial charge is 0.453 e. The van der Waals surface area contributed by atoms with Gasteiger partial charge in [-0.25, -0.2) is 19.6 Å². The summed E-state index contributed by atoms with van der Waals surface area (Å²) in [4.78, 5) is 33.3. The standard InChI is InChI=1S/C26H27F3N6O4/c1-25(2,38)17-10-21(33-22-15(17)6-5-7-16(22)26(27,28)29)32-20-11-18-19(12-30-20)34(3)24(37)35(18)14-8-13(9-14)31-23(36)39-4/h5-7,10-14,38H,8-9H2,1-4H3,(H,31,36)(H,30,32,33)/t13-,14-/i3D3. The molecule has 3 heterocycles. The van der Waals surface area contributed by atoms with Crippen molar-refractivity contribution in [3.05, 3.63) is 58.1 Å². The summed E-state index contributed by atoms with van der Waals surface area (Å²) in [5.74, 6) is 0.0128. The monoisotopic (exact) mass is 547 g/mol. The molecule has 1 aliphatic rings. The first-order valence-corrected chi connectivity index (χ1v) is 12.0. The van der Waals surface area contributed by atoms with Crippen molar-refractivity contribution in [3.8, 4) is 0 Å². The van der Waals surface area contributed by atoms with Crippen LogP contribution < -0.4 is 16.3 Å². The van der Waals surface area contributed by atoms with Crippen LogP contribution in [0.5, 0.6) is 0 Å². The molecule has 1 aliphatic carbocycles. The summed E-state index contributed by atoms with van der Waals surface area (Å²) in [5.41, 5.74) is -3.26. The Hall–Kier alpha value is -4.13. The van der Waals surface area contributed by atoms with Gasteiger partial charge < -0.3 is 20.5 Å². The number of hydrogen-bond donors (Lipinski definition) is 3. The molecule has 0 bridgehead atoms. The molecule has 1 saturated carbocycles. The Bertz CT molecular complexity index is 1760. The fourth-order valence-corrected chi connectivity index (χ4v) is 4.86. The maximum absolute atomic E-state index is 13.8. The lowest BCUT2D eigenvalue weighted by Crippen LogP contribution is -2.46. The van der Waals surface area contributed by atoms with Crippen molar-refractivity contribution in [2.24, 2.45) is 6.98 Å². The number of para-hydroxylation sites is 1. The van der Waals surface area contributed by atoms with E-state index in [1.54, 1.807) is 0 Å². The average molecular weight is 548 g/mol. The van der Waals surface area contributed by atoms with Crippen molar-refractivity contribution in [1.82, 2.24) is 24.4 Å². The molecule has 5 rings (SSSR count). The van der Waals surface area contributed by atoms with Crippen LogP contribution in [0.4, 0.5) is 29.6 Å². The topological polar surface area (TPSA) is 123 Å². The molecule has 0 spiro atoms. The van der Waals surface area contributed by atoms with Crippen LogP contribution in [0.1, 0.15) is 48.0 Å². The molecule has 0 unspecified atom stereocenters. The summed E-state index contributed by atoms with van der Waals surface area (Å²) in [6.07, 6.45) is -3.49. The third-order valence-corrected chi connectivity index (χ3v) is 6.81. The van der Waals surface area contributed by atoms with Crippen molar-refractivity contribution < 1.29 is 31.9 Å². The lowest BCUT2D eigenvalue weighted by atomic mass is 9.86. The van der Waals surface area contributed by atoms with Crippen molar-refractivity contribution in [2.45, 2.75) is 50.6 Å². The first-order chi connectivity index (χ1) is 19.5. The van der Waals surface area contributed by atoms with E-state index in [0.717, 1.165) is 6.07 Å². The Labute approximate surface area is 224 Å². The zero-order valence-corrected chi connectivity index (χ0v) is 21.1. The van der Waals surface area contributed by atoms with Gasteiger partial charge in [-0.1, -0.05) is 12.1 Å². The first-order valence-electron chi connectivity index (χ1n) is 13.5. The van der Waals surface area contributed by atoms with Crippen LogP contribution in [0.3, 0.4) is 0 Å². The Morgan fingerprint density at radius 1 is 1.18 bits per heavy atom. The second-order valence-electron chi connectivity index (χ2n) is 9.94. The number of alkyl halides is 3. The van der Waals surface area contributed by atoms with Gasteiger partial charge >= 0.3 is 18.0 Å². The molecule has 4 aromatic rings. The van der Waals surface area contributed by atoms with E-state index in [1.807, 2.05) is 0 Å². The Balaban J connectivity index is 1.61. The lowest BCUT2D eigenvalue weighted by molar-refractivity contribution is -0.136. The smallest absolute Gasteiger partial charge is 0.418 e. The van der Waals surface area contributed by atoms with Gasteiger partial charge in [0.15, 0.2) is 0 Å². The molecule has 1 aromatic carbocycles. The van der Waals surface area contributed by atoms with E-state index in [1.165, 1.54) is 56.0 Å².